The Kier molecular flexibility index (Phi) is 6.18. The summed E-state index contributed by atoms with van der Waals surface area (Å²) in [6, 6.07) is 27.8. The maximum atomic E-state index is 12.8. The maximum Gasteiger partial charge on any atom is 0.251 e. The number of nitrogens with one attached hydrogen (secondary N) is 1. The van der Waals surface area contributed by atoms with Crippen molar-refractivity contribution in [2.75, 3.05) is 7.11 Å². The second kappa shape index (κ2) is 8.97. The monoisotopic (exact) mass is 345 g/mol. The molecule has 26 heavy (non-hydrogen) atoms. The van der Waals surface area contributed by atoms with E-state index in [1.165, 1.54) is 5.56 Å². The van der Waals surface area contributed by atoms with Gasteiger partial charge in [0.25, 0.3) is 5.91 Å². The van der Waals surface area contributed by atoms with Gasteiger partial charge < -0.3 is 10.1 Å². The third kappa shape index (κ3) is 4.80. The smallest absolute Gasteiger partial charge is 0.251 e. The first kappa shape index (κ1) is 17.9. The summed E-state index contributed by atoms with van der Waals surface area (Å²) >= 11 is 0. The van der Waals surface area contributed by atoms with Gasteiger partial charge in [-0.1, -0.05) is 72.8 Å². The molecule has 0 aliphatic rings. The minimum Gasteiger partial charge on any atom is -0.380 e. The molecule has 0 saturated heterocycles. The van der Waals surface area contributed by atoms with Crippen molar-refractivity contribution in [1.82, 2.24) is 5.32 Å². The fourth-order valence-electron chi connectivity index (χ4n) is 3.00. The van der Waals surface area contributed by atoms with Crippen molar-refractivity contribution in [3.8, 4) is 0 Å². The highest BCUT2D eigenvalue weighted by Crippen LogP contribution is 2.19. The first-order valence-corrected chi connectivity index (χ1v) is 8.74. The van der Waals surface area contributed by atoms with Crippen molar-refractivity contribution >= 4 is 5.91 Å². The summed E-state index contributed by atoms with van der Waals surface area (Å²) in [5.74, 6) is -0.0762. The molecule has 0 heterocycles. The zero-order valence-corrected chi connectivity index (χ0v) is 14.9. The van der Waals surface area contributed by atoms with Crippen LogP contribution in [-0.2, 0) is 17.8 Å². The molecule has 1 N–H and O–H groups in total. The molecule has 1 atom stereocenters. The predicted octanol–water partition coefficient (Wildman–Crippen LogP) is 4.55. The summed E-state index contributed by atoms with van der Waals surface area (Å²) in [6.45, 7) is 0.493. The lowest BCUT2D eigenvalue weighted by atomic mass is 9.98. The summed E-state index contributed by atoms with van der Waals surface area (Å²) in [7, 11) is 1.65. The quantitative estimate of drug-likeness (QED) is 0.682. The molecule has 3 aromatic rings. The lowest BCUT2D eigenvalue weighted by Crippen LogP contribution is -2.30. The minimum atomic E-state index is -0.0859. The average Bonchev–Trinajstić information content (AvgIpc) is 2.69. The van der Waals surface area contributed by atoms with E-state index >= 15 is 0 Å². The second-order valence-electron chi connectivity index (χ2n) is 6.26. The van der Waals surface area contributed by atoms with Crippen molar-refractivity contribution < 1.29 is 9.53 Å². The molecule has 3 nitrogen and oxygen atoms in total. The molecule has 0 fully saturated rings. The molecule has 0 spiro atoms. The standard InChI is InChI=1S/C23H23NO2/c1-26-17-19-11-8-14-21(15-19)23(25)24-22(20-12-6-3-7-13-20)16-18-9-4-2-5-10-18/h2-15,22H,16-17H2,1H3,(H,24,25). The van der Waals surface area contributed by atoms with E-state index in [0.29, 0.717) is 12.2 Å². The van der Waals surface area contributed by atoms with Gasteiger partial charge in [-0.3, -0.25) is 4.79 Å². The molecule has 3 heteroatoms. The van der Waals surface area contributed by atoms with Gasteiger partial charge in [0.05, 0.1) is 12.6 Å². The Hall–Kier alpha value is -2.91. The molecule has 0 saturated carbocycles. The van der Waals surface area contributed by atoms with Crippen molar-refractivity contribution in [3.63, 3.8) is 0 Å². The van der Waals surface area contributed by atoms with Crippen LogP contribution in [0.5, 0.6) is 0 Å². The first-order chi connectivity index (χ1) is 12.8. The Bertz CT molecular complexity index is 831. The van der Waals surface area contributed by atoms with Crippen LogP contribution in [0.1, 0.15) is 33.1 Å². The van der Waals surface area contributed by atoms with Gasteiger partial charge in [0, 0.05) is 12.7 Å². The van der Waals surface area contributed by atoms with E-state index in [1.54, 1.807) is 7.11 Å². The van der Waals surface area contributed by atoms with Gasteiger partial charge in [-0.05, 0) is 35.2 Å². The third-order valence-electron chi connectivity index (χ3n) is 4.29. The Morgan fingerprint density at radius 2 is 1.54 bits per heavy atom. The topological polar surface area (TPSA) is 38.3 Å². The Balaban J connectivity index is 1.81. The summed E-state index contributed by atoms with van der Waals surface area (Å²) in [5.41, 5.74) is 3.92. The molecule has 0 aliphatic heterocycles. The molecule has 3 aromatic carbocycles. The molecular formula is C23H23NO2. The number of amides is 1. The minimum absolute atomic E-state index is 0.0762. The van der Waals surface area contributed by atoms with Crippen LogP contribution < -0.4 is 5.32 Å². The van der Waals surface area contributed by atoms with Gasteiger partial charge >= 0.3 is 0 Å². The summed E-state index contributed by atoms with van der Waals surface area (Å²) in [5, 5.41) is 3.19. The van der Waals surface area contributed by atoms with Crippen LogP contribution in [0.15, 0.2) is 84.9 Å². The van der Waals surface area contributed by atoms with Crippen LogP contribution in [0.4, 0.5) is 0 Å². The number of carbonyl (C=O) groups is 1. The van der Waals surface area contributed by atoms with E-state index in [1.807, 2.05) is 60.7 Å². The van der Waals surface area contributed by atoms with Gasteiger partial charge in [0.15, 0.2) is 0 Å². The van der Waals surface area contributed by atoms with Gasteiger partial charge in [-0.25, -0.2) is 0 Å². The van der Waals surface area contributed by atoms with Crippen LogP contribution >= 0.6 is 0 Å². The van der Waals surface area contributed by atoms with E-state index in [9.17, 15) is 4.79 Å². The summed E-state index contributed by atoms with van der Waals surface area (Å²) < 4.78 is 5.16. The summed E-state index contributed by atoms with van der Waals surface area (Å²) in [6.07, 6.45) is 0.744. The van der Waals surface area contributed by atoms with E-state index in [4.69, 9.17) is 4.74 Å². The molecule has 1 amide bonds. The number of benzene rings is 3. The Labute approximate surface area is 154 Å². The van der Waals surface area contributed by atoms with Crippen LogP contribution in [0, 0.1) is 0 Å². The van der Waals surface area contributed by atoms with Crippen LogP contribution in [0.3, 0.4) is 0 Å². The third-order valence-corrected chi connectivity index (χ3v) is 4.29. The second-order valence-corrected chi connectivity index (χ2v) is 6.26. The molecule has 0 aliphatic carbocycles. The first-order valence-electron chi connectivity index (χ1n) is 8.74. The SMILES string of the molecule is COCc1cccc(C(=O)NC(Cc2ccccc2)c2ccccc2)c1. The number of carbonyl (C=O) groups excluding carboxylic acids is 1. The highest BCUT2D eigenvalue weighted by molar-refractivity contribution is 5.94. The molecule has 0 bridgehead atoms. The van der Waals surface area contributed by atoms with Gasteiger partial charge in [-0.2, -0.15) is 0 Å². The van der Waals surface area contributed by atoms with Gasteiger partial charge in [-0.15, -0.1) is 0 Å². The van der Waals surface area contributed by atoms with Crippen LogP contribution in [0.2, 0.25) is 0 Å². The fraction of sp³-hybridized carbons (Fsp3) is 0.174. The lowest BCUT2D eigenvalue weighted by Gasteiger charge is -2.20. The van der Waals surface area contributed by atoms with Crippen molar-refractivity contribution in [1.29, 1.82) is 0 Å². The van der Waals surface area contributed by atoms with Crippen molar-refractivity contribution in [2.45, 2.75) is 19.1 Å². The number of hydrogen-bond acceptors (Lipinski definition) is 2. The Morgan fingerprint density at radius 1 is 0.885 bits per heavy atom. The zero-order valence-electron chi connectivity index (χ0n) is 14.9. The molecule has 0 radical (unpaired) electrons. The van der Waals surface area contributed by atoms with Crippen LogP contribution in [0.25, 0.3) is 0 Å². The highest BCUT2D eigenvalue weighted by atomic mass is 16.5. The lowest BCUT2D eigenvalue weighted by molar-refractivity contribution is 0.0936. The highest BCUT2D eigenvalue weighted by Gasteiger charge is 2.16. The maximum absolute atomic E-state index is 12.8. The van der Waals surface area contributed by atoms with E-state index in [2.05, 4.69) is 29.6 Å². The molecule has 3 rings (SSSR count). The Morgan fingerprint density at radius 3 is 2.23 bits per heavy atom. The predicted molar refractivity (Wildman–Crippen MR) is 104 cm³/mol. The van der Waals surface area contributed by atoms with Gasteiger partial charge in [0.2, 0.25) is 0 Å². The van der Waals surface area contributed by atoms with Crippen LogP contribution in [-0.4, -0.2) is 13.0 Å². The van der Waals surface area contributed by atoms with Gasteiger partial charge in [0.1, 0.15) is 0 Å². The number of ether oxygens (including phenoxy) is 1. The average molecular weight is 345 g/mol. The number of hydrogen-bond donors (Lipinski definition) is 1. The van der Waals surface area contributed by atoms with E-state index in [-0.39, 0.29) is 11.9 Å². The number of methoxy groups -OCH3 is 1. The molecule has 1 unspecified atom stereocenters. The molecule has 132 valence electrons. The van der Waals surface area contributed by atoms with E-state index < -0.39 is 0 Å². The van der Waals surface area contributed by atoms with Crippen molar-refractivity contribution in [3.05, 3.63) is 107 Å². The molecular weight excluding hydrogens is 322 g/mol. The normalized spacial score (nSPS) is 11.7. The zero-order chi connectivity index (χ0) is 18.2. The van der Waals surface area contributed by atoms with E-state index in [0.717, 1.165) is 17.5 Å². The number of rotatable bonds is 7. The summed E-state index contributed by atoms with van der Waals surface area (Å²) in [4.78, 5) is 12.8. The van der Waals surface area contributed by atoms with Crippen molar-refractivity contribution in [2.24, 2.45) is 0 Å². The fourth-order valence-corrected chi connectivity index (χ4v) is 3.00. The molecule has 0 aromatic heterocycles. The largest absolute Gasteiger partial charge is 0.380 e.